The van der Waals surface area contributed by atoms with Gasteiger partial charge in [-0.2, -0.15) is 0 Å². The molecular formula is C39H47ClO15. The van der Waals surface area contributed by atoms with Gasteiger partial charge < -0.3 is 47.4 Å². The van der Waals surface area contributed by atoms with E-state index >= 15 is 0 Å². The standard InChI is InChI=1S/C39H47ClO15/c1-18(2)26(45)25-27-32(5,28(49-19(3)41)21-10-13-48-16-21)11-12-36-34(7)22(14-23(43)47-9)33(6)17-37(34)39(52-24(44)15-40,30(33)50-20(4)42)31(51-29(25)46)38(27,36)55-35(8,53-36)54-37/h10,13,16,18,22,27-28,30-31,45H,11-12,14-15,17H2,1-9H3/b26-25-. The van der Waals surface area contributed by atoms with Gasteiger partial charge in [0.25, 0.3) is 5.97 Å². The normalized spacial score (nSPS) is 46.8. The van der Waals surface area contributed by atoms with E-state index < -0.39 is 116 Å². The maximum atomic E-state index is 15.0. The van der Waals surface area contributed by atoms with Crippen molar-refractivity contribution in [3.05, 3.63) is 35.5 Å². The van der Waals surface area contributed by atoms with E-state index in [1.807, 2.05) is 20.8 Å². The van der Waals surface area contributed by atoms with Crippen molar-refractivity contribution in [3.63, 3.8) is 0 Å². The lowest BCUT2D eigenvalue weighted by Gasteiger charge is -2.77. The number of carbonyl (C=O) groups excluding carboxylic acids is 5. The molecule has 0 aromatic carbocycles. The molecule has 15 nitrogen and oxygen atoms in total. The van der Waals surface area contributed by atoms with Gasteiger partial charge in [-0.1, -0.05) is 34.6 Å². The summed E-state index contributed by atoms with van der Waals surface area (Å²) in [6.45, 7) is 13.0. The molecule has 13 unspecified atom stereocenters. The van der Waals surface area contributed by atoms with Crippen molar-refractivity contribution < 1.29 is 71.4 Å². The van der Waals surface area contributed by atoms with E-state index in [-0.39, 0.29) is 37.0 Å². The summed E-state index contributed by atoms with van der Waals surface area (Å²) in [7, 11) is 1.27. The smallest absolute Gasteiger partial charge is 0.338 e. The first-order valence-electron chi connectivity index (χ1n) is 18.6. The molecule has 7 aliphatic rings. The first-order chi connectivity index (χ1) is 25.6. The molecule has 1 aromatic heterocycles. The lowest BCUT2D eigenvalue weighted by Crippen LogP contribution is -2.95. The lowest BCUT2D eigenvalue weighted by molar-refractivity contribution is -0.477. The van der Waals surface area contributed by atoms with Crippen molar-refractivity contribution >= 4 is 41.4 Å². The number of esters is 5. The first kappa shape index (κ1) is 38.2. The molecular weight excluding hydrogens is 744 g/mol. The van der Waals surface area contributed by atoms with Crippen molar-refractivity contribution in [1.29, 1.82) is 0 Å². The molecule has 1 N–H and O–H groups in total. The van der Waals surface area contributed by atoms with Gasteiger partial charge >= 0.3 is 29.8 Å². The molecule has 3 spiro atoms. The van der Waals surface area contributed by atoms with Crippen molar-refractivity contribution in [1.82, 2.24) is 0 Å². The third-order valence-electron chi connectivity index (χ3n) is 14.6. The number of fused-ring (bicyclic) bond motifs is 3. The maximum absolute atomic E-state index is 15.0. The fourth-order valence-corrected chi connectivity index (χ4v) is 13.3. The van der Waals surface area contributed by atoms with Gasteiger partial charge in [0.15, 0.2) is 17.8 Å². The summed E-state index contributed by atoms with van der Waals surface area (Å²) in [4.78, 5) is 68.6. The average Bonchev–Trinajstić information content (AvgIpc) is 3.80. The summed E-state index contributed by atoms with van der Waals surface area (Å²) in [5.74, 6) is -9.31. The summed E-state index contributed by atoms with van der Waals surface area (Å²) in [6, 6.07) is 1.65. The Kier molecular flexibility index (Phi) is 7.98. The Labute approximate surface area is 322 Å². The number of aliphatic hydroxyl groups excluding tert-OH is 1. The molecule has 0 radical (unpaired) electrons. The highest BCUT2D eigenvalue weighted by atomic mass is 35.5. The van der Waals surface area contributed by atoms with Crippen LogP contribution in [0, 0.1) is 34.0 Å². The Balaban J connectivity index is 1.54. The summed E-state index contributed by atoms with van der Waals surface area (Å²) in [5.41, 5.74) is -10.9. The molecule has 4 bridgehead atoms. The topological polar surface area (TPSA) is 193 Å². The molecule has 55 heavy (non-hydrogen) atoms. The Bertz CT molecular complexity index is 1930. The number of allylic oxidation sites excluding steroid dienone is 1. The zero-order chi connectivity index (χ0) is 40.1. The fourth-order valence-electron chi connectivity index (χ4n) is 13.3. The van der Waals surface area contributed by atoms with Crippen molar-refractivity contribution in [2.24, 2.45) is 34.0 Å². The minimum atomic E-state index is -2.16. The predicted molar refractivity (Wildman–Crippen MR) is 184 cm³/mol. The minimum absolute atomic E-state index is 0.0484. The van der Waals surface area contributed by atoms with Crippen molar-refractivity contribution in [2.75, 3.05) is 13.0 Å². The van der Waals surface area contributed by atoms with E-state index in [1.165, 1.54) is 33.5 Å². The number of alkyl halides is 1. The SMILES string of the molecule is COC(=O)CC1C2(C)CC34OC5(C)OC67C(/C(=C(/O)C(C)C)C(=O)OC6C3(OC(=O)CCl)C2OC(C)=O)C(C)(C(OC(C)=O)c2ccoc2)CCC7(O5)C14C. The zero-order valence-electron chi connectivity index (χ0n) is 32.3. The van der Waals surface area contributed by atoms with E-state index in [2.05, 4.69) is 0 Å². The molecule has 7 fully saturated rings. The Morgan fingerprint density at radius 1 is 1.00 bits per heavy atom. The number of hydrogen-bond acceptors (Lipinski definition) is 15. The van der Waals surface area contributed by atoms with Gasteiger partial charge in [-0.3, -0.25) is 19.2 Å². The number of halogens is 1. The van der Waals surface area contributed by atoms with Gasteiger partial charge in [-0.15, -0.1) is 11.6 Å². The van der Waals surface area contributed by atoms with Gasteiger partial charge in [0.2, 0.25) is 5.60 Å². The average molecular weight is 791 g/mol. The number of aliphatic hydroxyl groups is 1. The molecule has 3 aliphatic heterocycles. The molecule has 3 saturated heterocycles. The van der Waals surface area contributed by atoms with Crippen LogP contribution in [0.2, 0.25) is 0 Å². The van der Waals surface area contributed by atoms with E-state index in [9.17, 15) is 29.1 Å². The second-order valence-corrected chi connectivity index (χ2v) is 17.7. The number of carbonyl (C=O) groups is 5. The first-order valence-corrected chi connectivity index (χ1v) is 19.1. The van der Waals surface area contributed by atoms with Gasteiger partial charge in [0, 0.05) is 60.8 Å². The number of methoxy groups -OCH3 is 1. The van der Waals surface area contributed by atoms with Gasteiger partial charge in [-0.25, -0.2) is 4.79 Å². The van der Waals surface area contributed by atoms with E-state index in [1.54, 1.807) is 26.8 Å². The van der Waals surface area contributed by atoms with Crippen LogP contribution in [0.1, 0.15) is 92.7 Å². The molecule has 4 heterocycles. The number of ether oxygens (including phenoxy) is 8. The fraction of sp³-hybridized carbons (Fsp3) is 0.718. The molecule has 300 valence electrons. The molecule has 4 saturated carbocycles. The van der Waals surface area contributed by atoms with Gasteiger partial charge in [0.05, 0.1) is 25.2 Å². The summed E-state index contributed by atoms with van der Waals surface area (Å²) in [5, 5.41) is 12.1. The van der Waals surface area contributed by atoms with Crippen LogP contribution in [0.5, 0.6) is 0 Å². The maximum Gasteiger partial charge on any atom is 0.338 e. The monoisotopic (exact) mass is 790 g/mol. The summed E-state index contributed by atoms with van der Waals surface area (Å²) in [6.07, 6.45) is -1.07. The van der Waals surface area contributed by atoms with E-state index in [4.69, 9.17) is 53.9 Å². The Hall–Kier alpha value is -3.66. The molecule has 8 rings (SSSR count). The summed E-state index contributed by atoms with van der Waals surface area (Å²) >= 11 is 6.19. The van der Waals surface area contributed by atoms with Crippen LogP contribution in [0.3, 0.4) is 0 Å². The highest BCUT2D eigenvalue weighted by molar-refractivity contribution is 6.26. The van der Waals surface area contributed by atoms with Gasteiger partial charge in [-0.05, 0) is 31.2 Å². The van der Waals surface area contributed by atoms with E-state index in [0.29, 0.717) is 5.56 Å². The predicted octanol–water partition coefficient (Wildman–Crippen LogP) is 4.74. The molecule has 13 atom stereocenters. The second-order valence-electron chi connectivity index (χ2n) is 17.4. The molecule has 4 aliphatic carbocycles. The van der Waals surface area contributed by atoms with Gasteiger partial charge in [0.1, 0.15) is 28.9 Å². The second kappa shape index (κ2) is 11.5. The third kappa shape index (κ3) is 4.10. The van der Waals surface area contributed by atoms with Crippen LogP contribution in [0.4, 0.5) is 0 Å². The molecule has 0 amide bonds. The highest BCUT2D eigenvalue weighted by Crippen LogP contribution is 2.90. The Morgan fingerprint density at radius 2 is 1.69 bits per heavy atom. The molecule has 16 heteroatoms. The largest absolute Gasteiger partial charge is 0.511 e. The third-order valence-corrected chi connectivity index (χ3v) is 14.8. The number of hydrogen-bond donors (Lipinski definition) is 1. The number of rotatable bonds is 9. The van der Waals surface area contributed by atoms with Crippen LogP contribution >= 0.6 is 11.6 Å². The van der Waals surface area contributed by atoms with Crippen LogP contribution in [-0.2, 0) is 61.9 Å². The van der Waals surface area contributed by atoms with Crippen LogP contribution < -0.4 is 0 Å². The summed E-state index contributed by atoms with van der Waals surface area (Å²) < 4.78 is 58.0. The Morgan fingerprint density at radius 3 is 2.27 bits per heavy atom. The quantitative estimate of drug-likeness (QED) is 0.119. The van der Waals surface area contributed by atoms with Crippen molar-refractivity contribution in [3.8, 4) is 0 Å². The lowest BCUT2D eigenvalue weighted by atomic mass is 9.32. The highest BCUT2D eigenvalue weighted by Gasteiger charge is 3.05. The number of furan rings is 1. The van der Waals surface area contributed by atoms with Crippen molar-refractivity contribution in [2.45, 2.75) is 128 Å². The van der Waals surface area contributed by atoms with E-state index in [0.717, 1.165) is 0 Å². The molecule has 1 aromatic rings. The van der Waals surface area contributed by atoms with Crippen LogP contribution in [-0.4, -0.2) is 88.5 Å². The minimum Gasteiger partial charge on any atom is -0.511 e. The van der Waals surface area contributed by atoms with Crippen LogP contribution in [0.25, 0.3) is 0 Å². The van der Waals surface area contributed by atoms with Crippen LogP contribution in [0.15, 0.2) is 34.3 Å². The zero-order valence-corrected chi connectivity index (χ0v) is 33.0.